The topological polar surface area (TPSA) is 64.0 Å². The highest BCUT2D eigenvalue weighted by Gasteiger charge is 2.23. The van der Waals surface area contributed by atoms with Crippen LogP contribution in [0.3, 0.4) is 0 Å². The van der Waals surface area contributed by atoms with E-state index in [1.54, 1.807) is 23.0 Å². The van der Waals surface area contributed by atoms with E-state index in [1.165, 1.54) is 12.3 Å². The van der Waals surface area contributed by atoms with Gasteiger partial charge in [-0.1, -0.05) is 6.07 Å². The molecule has 1 unspecified atom stereocenters. The van der Waals surface area contributed by atoms with Crippen LogP contribution < -0.4 is 5.32 Å². The molecule has 2 aromatic rings. The molecule has 1 aliphatic rings. The average molecular weight is 323 g/mol. The predicted molar refractivity (Wildman–Crippen MR) is 83.0 cm³/mol. The maximum absolute atomic E-state index is 13.4. The summed E-state index contributed by atoms with van der Waals surface area (Å²) >= 11 is 0. The van der Waals surface area contributed by atoms with Gasteiger partial charge in [-0.3, -0.25) is 4.68 Å². The number of aryl methyl sites for hydroxylation is 2. The summed E-state index contributed by atoms with van der Waals surface area (Å²) in [5.74, 6) is 0.507. The smallest absolute Gasteiger partial charge is 0.149 e. The van der Waals surface area contributed by atoms with Crippen molar-refractivity contribution in [3.8, 4) is 0 Å². The molecule has 0 saturated carbocycles. The van der Waals surface area contributed by atoms with Crippen molar-refractivity contribution in [2.24, 2.45) is 0 Å². The molecule has 3 rings (SSSR count). The normalized spacial score (nSPS) is 17.5. The molecule has 0 aliphatic heterocycles. The molecule has 1 aromatic heterocycles. The maximum atomic E-state index is 13.4. The highest BCUT2D eigenvalue weighted by molar-refractivity contribution is 7.90. The molecule has 0 spiro atoms. The number of hydrogen-bond donors (Lipinski definition) is 1. The van der Waals surface area contributed by atoms with Crippen molar-refractivity contribution in [3.05, 3.63) is 47.4 Å². The summed E-state index contributed by atoms with van der Waals surface area (Å²) in [5.41, 5.74) is 2.14. The standard InChI is InChI=1S/C15H18FN3O2S/c1-22(20,21)9-8-19-7-6-15(18-19)17-14-5-3-11-2-4-12(16)10-13(11)14/h2,4,6-7,10,14H,3,5,8-9H2,1H3,(H,17,18). The minimum atomic E-state index is -3.00. The van der Waals surface area contributed by atoms with Crippen LogP contribution in [0.15, 0.2) is 30.5 Å². The highest BCUT2D eigenvalue weighted by atomic mass is 32.2. The van der Waals surface area contributed by atoms with E-state index in [9.17, 15) is 12.8 Å². The fraction of sp³-hybridized carbons (Fsp3) is 0.400. The first kappa shape index (κ1) is 15.0. The van der Waals surface area contributed by atoms with E-state index in [4.69, 9.17) is 0 Å². The molecule has 1 heterocycles. The highest BCUT2D eigenvalue weighted by Crippen LogP contribution is 2.33. The third-order valence-corrected chi connectivity index (χ3v) is 4.76. The van der Waals surface area contributed by atoms with Crippen molar-refractivity contribution in [2.75, 3.05) is 17.3 Å². The number of halogens is 1. The van der Waals surface area contributed by atoms with Gasteiger partial charge in [-0.15, -0.1) is 0 Å². The van der Waals surface area contributed by atoms with E-state index >= 15 is 0 Å². The number of nitrogens with one attached hydrogen (secondary N) is 1. The molecule has 1 N–H and O–H groups in total. The Balaban J connectivity index is 1.68. The van der Waals surface area contributed by atoms with Crippen LogP contribution in [-0.4, -0.2) is 30.2 Å². The molecule has 1 aliphatic carbocycles. The summed E-state index contributed by atoms with van der Waals surface area (Å²) in [4.78, 5) is 0. The lowest BCUT2D eigenvalue weighted by molar-refractivity contribution is 0.586. The molecular weight excluding hydrogens is 305 g/mol. The second-order valence-corrected chi connectivity index (χ2v) is 7.93. The molecule has 22 heavy (non-hydrogen) atoms. The molecule has 7 heteroatoms. The van der Waals surface area contributed by atoms with Gasteiger partial charge in [0.1, 0.15) is 21.5 Å². The van der Waals surface area contributed by atoms with Gasteiger partial charge in [0.2, 0.25) is 0 Å². The van der Waals surface area contributed by atoms with Crippen molar-refractivity contribution >= 4 is 15.7 Å². The Bertz CT molecular complexity index is 786. The van der Waals surface area contributed by atoms with E-state index < -0.39 is 9.84 Å². The molecule has 1 atom stereocenters. The summed E-state index contributed by atoms with van der Waals surface area (Å²) in [7, 11) is -3.00. The van der Waals surface area contributed by atoms with Gasteiger partial charge in [0.25, 0.3) is 0 Å². The Morgan fingerprint density at radius 2 is 2.23 bits per heavy atom. The lowest BCUT2D eigenvalue weighted by Crippen LogP contribution is -2.12. The summed E-state index contributed by atoms with van der Waals surface area (Å²) in [6.07, 6.45) is 4.77. The van der Waals surface area contributed by atoms with E-state index in [-0.39, 0.29) is 17.6 Å². The van der Waals surface area contributed by atoms with Crippen LogP contribution in [0.25, 0.3) is 0 Å². The number of fused-ring (bicyclic) bond motifs is 1. The number of rotatable bonds is 5. The van der Waals surface area contributed by atoms with Gasteiger partial charge in [-0.2, -0.15) is 5.10 Å². The third-order valence-electron chi connectivity index (χ3n) is 3.84. The summed E-state index contributed by atoms with van der Waals surface area (Å²) in [6.45, 7) is 0.330. The average Bonchev–Trinajstić information content (AvgIpc) is 3.04. The Hall–Kier alpha value is -1.89. The SMILES string of the molecule is CS(=O)(=O)CCn1ccc(NC2CCc3ccc(F)cc32)n1. The molecule has 118 valence electrons. The van der Waals surface area contributed by atoms with Gasteiger partial charge in [-0.05, 0) is 36.1 Å². The zero-order chi connectivity index (χ0) is 15.7. The Morgan fingerprint density at radius 3 is 3.00 bits per heavy atom. The number of benzene rings is 1. The lowest BCUT2D eigenvalue weighted by Gasteiger charge is -2.13. The number of nitrogens with zero attached hydrogens (tertiary/aromatic N) is 2. The molecule has 1 aromatic carbocycles. The molecular formula is C15H18FN3O2S. The van der Waals surface area contributed by atoms with Gasteiger partial charge >= 0.3 is 0 Å². The minimum absolute atomic E-state index is 0.0453. The first-order valence-corrected chi connectivity index (χ1v) is 9.23. The molecule has 0 radical (unpaired) electrons. The van der Waals surface area contributed by atoms with Crippen LogP contribution in [0.4, 0.5) is 10.2 Å². The Kier molecular flexibility index (Phi) is 3.90. The molecule has 5 nitrogen and oxygen atoms in total. The summed E-state index contributed by atoms with van der Waals surface area (Å²) in [5, 5.41) is 7.61. The van der Waals surface area contributed by atoms with Gasteiger partial charge in [0, 0.05) is 18.5 Å². The van der Waals surface area contributed by atoms with Gasteiger partial charge in [0.05, 0.1) is 18.3 Å². The summed E-state index contributed by atoms with van der Waals surface area (Å²) in [6, 6.07) is 6.74. The molecule has 0 saturated heterocycles. The monoisotopic (exact) mass is 323 g/mol. The van der Waals surface area contributed by atoms with E-state index in [0.29, 0.717) is 12.4 Å². The summed E-state index contributed by atoms with van der Waals surface area (Å²) < 4.78 is 37.3. The van der Waals surface area contributed by atoms with Gasteiger partial charge in [0.15, 0.2) is 0 Å². The van der Waals surface area contributed by atoms with Crippen molar-refractivity contribution in [1.82, 2.24) is 9.78 Å². The number of hydrogen-bond acceptors (Lipinski definition) is 4. The van der Waals surface area contributed by atoms with E-state index in [0.717, 1.165) is 24.0 Å². The fourth-order valence-corrected chi connectivity index (χ4v) is 3.24. The second kappa shape index (κ2) is 5.72. The fourth-order valence-electron chi connectivity index (χ4n) is 2.72. The van der Waals surface area contributed by atoms with Crippen LogP contribution in [0, 0.1) is 5.82 Å². The number of anilines is 1. The van der Waals surface area contributed by atoms with Crippen molar-refractivity contribution in [3.63, 3.8) is 0 Å². The molecule has 0 amide bonds. The van der Waals surface area contributed by atoms with Crippen molar-refractivity contribution in [2.45, 2.75) is 25.4 Å². The molecule has 0 bridgehead atoms. The zero-order valence-corrected chi connectivity index (χ0v) is 13.1. The van der Waals surface area contributed by atoms with Crippen LogP contribution >= 0.6 is 0 Å². The number of aromatic nitrogens is 2. The Morgan fingerprint density at radius 1 is 1.41 bits per heavy atom. The van der Waals surface area contributed by atoms with Crippen molar-refractivity contribution < 1.29 is 12.8 Å². The van der Waals surface area contributed by atoms with Gasteiger partial charge < -0.3 is 5.32 Å². The third kappa shape index (κ3) is 3.47. The van der Waals surface area contributed by atoms with Crippen LogP contribution in [0.2, 0.25) is 0 Å². The Labute approximate surface area is 129 Å². The zero-order valence-electron chi connectivity index (χ0n) is 12.3. The largest absolute Gasteiger partial charge is 0.362 e. The second-order valence-electron chi connectivity index (χ2n) is 5.67. The maximum Gasteiger partial charge on any atom is 0.149 e. The first-order chi connectivity index (χ1) is 10.4. The lowest BCUT2D eigenvalue weighted by atomic mass is 10.1. The van der Waals surface area contributed by atoms with E-state index in [1.807, 2.05) is 6.07 Å². The van der Waals surface area contributed by atoms with Gasteiger partial charge in [-0.25, -0.2) is 12.8 Å². The van der Waals surface area contributed by atoms with E-state index in [2.05, 4.69) is 10.4 Å². The quantitative estimate of drug-likeness (QED) is 0.916. The van der Waals surface area contributed by atoms with Crippen molar-refractivity contribution in [1.29, 1.82) is 0 Å². The first-order valence-electron chi connectivity index (χ1n) is 7.17. The number of sulfone groups is 1. The van der Waals surface area contributed by atoms with Crippen LogP contribution in [0.1, 0.15) is 23.6 Å². The molecule has 0 fully saturated rings. The predicted octanol–water partition coefficient (Wildman–Crippen LogP) is 2.17. The minimum Gasteiger partial charge on any atom is -0.362 e. The van der Waals surface area contributed by atoms with Crippen LogP contribution in [-0.2, 0) is 22.8 Å². The van der Waals surface area contributed by atoms with Crippen LogP contribution in [0.5, 0.6) is 0 Å².